The lowest BCUT2D eigenvalue weighted by Crippen LogP contribution is -1.87. The molecule has 0 aromatic heterocycles. The lowest BCUT2D eigenvalue weighted by atomic mass is 10.0. The Morgan fingerprint density at radius 2 is 1.78 bits per heavy atom. The lowest BCUT2D eigenvalue weighted by Gasteiger charge is -2.05. The maximum Gasteiger partial charge on any atom is -0.00974 e. The van der Waals surface area contributed by atoms with Crippen molar-refractivity contribution in [3.05, 3.63) is 54.1 Å². The summed E-state index contributed by atoms with van der Waals surface area (Å²) in [6.07, 6.45) is 11.6. The van der Waals surface area contributed by atoms with E-state index >= 15 is 0 Å². The highest BCUT2D eigenvalue weighted by Gasteiger charge is 1.98. The smallest absolute Gasteiger partial charge is 0.00974 e. The van der Waals surface area contributed by atoms with Crippen LogP contribution in [0.1, 0.15) is 57.1 Å². The van der Waals surface area contributed by atoms with Gasteiger partial charge in [0.25, 0.3) is 0 Å². The zero-order valence-electron chi connectivity index (χ0n) is 11.9. The second-order valence-electron chi connectivity index (χ2n) is 4.84. The van der Waals surface area contributed by atoms with Gasteiger partial charge in [-0.2, -0.15) is 0 Å². The van der Waals surface area contributed by atoms with Gasteiger partial charge in [0, 0.05) is 0 Å². The van der Waals surface area contributed by atoms with E-state index < -0.39 is 0 Å². The standard InChI is InChI=1S/C18H26/c1-4-6-8-10-16(3)18-14-12-17(13-15-18)11-9-7-5-2/h6,8,12-15H,3-5,7,9-11H2,1-2H3/b8-6-. The van der Waals surface area contributed by atoms with Crippen molar-refractivity contribution in [1.29, 1.82) is 0 Å². The molecule has 0 fully saturated rings. The van der Waals surface area contributed by atoms with E-state index in [0.717, 1.165) is 12.8 Å². The monoisotopic (exact) mass is 242 g/mol. The van der Waals surface area contributed by atoms with Gasteiger partial charge in [0.15, 0.2) is 0 Å². The molecule has 98 valence electrons. The van der Waals surface area contributed by atoms with E-state index in [-0.39, 0.29) is 0 Å². The van der Waals surface area contributed by atoms with Crippen LogP contribution >= 0.6 is 0 Å². The Labute approximate surface area is 112 Å². The molecular formula is C18H26. The van der Waals surface area contributed by atoms with Gasteiger partial charge in [-0.1, -0.05) is 69.7 Å². The molecule has 0 saturated heterocycles. The van der Waals surface area contributed by atoms with Crippen LogP contribution in [0.5, 0.6) is 0 Å². The van der Waals surface area contributed by atoms with Crippen LogP contribution in [0.25, 0.3) is 5.57 Å². The summed E-state index contributed by atoms with van der Waals surface area (Å²) in [5.41, 5.74) is 3.93. The zero-order chi connectivity index (χ0) is 13.2. The average Bonchev–Trinajstić information content (AvgIpc) is 2.40. The van der Waals surface area contributed by atoms with E-state index in [1.807, 2.05) is 0 Å². The molecule has 0 unspecified atom stereocenters. The van der Waals surface area contributed by atoms with E-state index in [0.29, 0.717) is 0 Å². The van der Waals surface area contributed by atoms with Crippen molar-refractivity contribution in [3.8, 4) is 0 Å². The van der Waals surface area contributed by atoms with E-state index in [4.69, 9.17) is 0 Å². The molecule has 0 spiro atoms. The first-order valence-corrected chi connectivity index (χ1v) is 7.20. The molecule has 0 heteroatoms. The third-order valence-electron chi connectivity index (χ3n) is 3.20. The molecule has 1 aromatic carbocycles. The number of unbranched alkanes of at least 4 members (excludes halogenated alkanes) is 2. The number of rotatable bonds is 8. The fourth-order valence-electron chi connectivity index (χ4n) is 2.00. The van der Waals surface area contributed by atoms with Crippen LogP contribution in [0.15, 0.2) is 43.0 Å². The molecule has 0 radical (unpaired) electrons. The van der Waals surface area contributed by atoms with E-state index in [1.54, 1.807) is 0 Å². The fraction of sp³-hybridized carbons (Fsp3) is 0.444. The lowest BCUT2D eigenvalue weighted by molar-refractivity contribution is 0.717. The van der Waals surface area contributed by atoms with Gasteiger partial charge in [0.05, 0.1) is 0 Å². The molecule has 0 heterocycles. The molecule has 0 N–H and O–H groups in total. The Bertz CT molecular complexity index is 368. The first-order valence-electron chi connectivity index (χ1n) is 7.20. The van der Waals surface area contributed by atoms with Crippen LogP contribution in [0, 0.1) is 0 Å². The van der Waals surface area contributed by atoms with Crippen LogP contribution in [0.3, 0.4) is 0 Å². The van der Waals surface area contributed by atoms with Crippen LogP contribution in [0.4, 0.5) is 0 Å². The molecule has 1 aromatic rings. The van der Waals surface area contributed by atoms with Crippen molar-refractivity contribution < 1.29 is 0 Å². The second-order valence-corrected chi connectivity index (χ2v) is 4.84. The fourth-order valence-corrected chi connectivity index (χ4v) is 2.00. The van der Waals surface area contributed by atoms with Gasteiger partial charge in [0.1, 0.15) is 0 Å². The van der Waals surface area contributed by atoms with Crippen LogP contribution in [-0.4, -0.2) is 0 Å². The minimum atomic E-state index is 0.961. The first kappa shape index (κ1) is 14.8. The van der Waals surface area contributed by atoms with Crippen molar-refractivity contribution in [2.24, 2.45) is 0 Å². The maximum atomic E-state index is 4.15. The van der Waals surface area contributed by atoms with Gasteiger partial charge in [-0.05, 0) is 42.4 Å². The largest absolute Gasteiger partial charge is 0.0949 e. The molecular weight excluding hydrogens is 216 g/mol. The normalized spacial score (nSPS) is 11.0. The molecule has 18 heavy (non-hydrogen) atoms. The number of benzene rings is 1. The van der Waals surface area contributed by atoms with Crippen molar-refractivity contribution in [3.63, 3.8) is 0 Å². The number of hydrogen-bond acceptors (Lipinski definition) is 0. The van der Waals surface area contributed by atoms with Crippen LogP contribution in [-0.2, 0) is 6.42 Å². The van der Waals surface area contributed by atoms with Gasteiger partial charge < -0.3 is 0 Å². The van der Waals surface area contributed by atoms with E-state index in [2.05, 4.69) is 56.8 Å². The summed E-state index contributed by atoms with van der Waals surface area (Å²) in [4.78, 5) is 0. The quantitative estimate of drug-likeness (QED) is 0.400. The molecule has 0 aliphatic rings. The van der Waals surface area contributed by atoms with Crippen LogP contribution in [0.2, 0.25) is 0 Å². The summed E-state index contributed by atoms with van der Waals surface area (Å²) in [6, 6.07) is 8.92. The van der Waals surface area contributed by atoms with Gasteiger partial charge in [-0.25, -0.2) is 0 Å². The SMILES string of the molecule is C=C(C/C=C\CC)c1ccc(CCCCC)cc1. The first-order chi connectivity index (χ1) is 8.77. The molecule has 0 amide bonds. The highest BCUT2D eigenvalue weighted by Crippen LogP contribution is 2.18. The Morgan fingerprint density at radius 3 is 2.39 bits per heavy atom. The summed E-state index contributed by atoms with van der Waals surface area (Å²) >= 11 is 0. The molecule has 0 nitrogen and oxygen atoms in total. The van der Waals surface area contributed by atoms with Crippen LogP contribution < -0.4 is 0 Å². The van der Waals surface area contributed by atoms with E-state index in [1.165, 1.54) is 42.4 Å². The van der Waals surface area contributed by atoms with Crippen molar-refractivity contribution in [2.45, 2.75) is 52.4 Å². The van der Waals surface area contributed by atoms with Gasteiger partial charge >= 0.3 is 0 Å². The molecule has 0 saturated carbocycles. The highest BCUT2D eigenvalue weighted by molar-refractivity contribution is 5.64. The minimum Gasteiger partial charge on any atom is -0.0949 e. The molecule has 0 bridgehead atoms. The number of allylic oxidation sites excluding steroid dienone is 3. The molecule has 0 aliphatic heterocycles. The zero-order valence-corrected chi connectivity index (χ0v) is 11.9. The van der Waals surface area contributed by atoms with Gasteiger partial charge in [-0.15, -0.1) is 0 Å². The molecule has 0 aliphatic carbocycles. The predicted octanol–water partition coefficient (Wildman–Crippen LogP) is 5.79. The van der Waals surface area contributed by atoms with Crippen molar-refractivity contribution in [2.75, 3.05) is 0 Å². The van der Waals surface area contributed by atoms with E-state index in [9.17, 15) is 0 Å². The summed E-state index contributed by atoms with van der Waals surface area (Å²) in [5.74, 6) is 0. The predicted molar refractivity (Wildman–Crippen MR) is 82.8 cm³/mol. The van der Waals surface area contributed by atoms with Gasteiger partial charge in [-0.3, -0.25) is 0 Å². The number of hydrogen-bond donors (Lipinski definition) is 0. The Morgan fingerprint density at radius 1 is 1.06 bits per heavy atom. The average molecular weight is 242 g/mol. The summed E-state index contributed by atoms with van der Waals surface area (Å²) in [6.45, 7) is 8.55. The topological polar surface area (TPSA) is 0 Å². The van der Waals surface area contributed by atoms with Gasteiger partial charge in [0.2, 0.25) is 0 Å². The highest BCUT2D eigenvalue weighted by atomic mass is 14.0. The Balaban J connectivity index is 2.48. The molecule has 0 atom stereocenters. The Kier molecular flexibility index (Phi) is 7.17. The summed E-state index contributed by atoms with van der Waals surface area (Å²) in [7, 11) is 0. The third-order valence-corrected chi connectivity index (χ3v) is 3.20. The van der Waals surface area contributed by atoms with Crippen molar-refractivity contribution >= 4 is 5.57 Å². The maximum absolute atomic E-state index is 4.15. The van der Waals surface area contributed by atoms with Crippen molar-refractivity contribution in [1.82, 2.24) is 0 Å². The third kappa shape index (κ3) is 5.35. The summed E-state index contributed by atoms with van der Waals surface area (Å²) < 4.78 is 0. The minimum absolute atomic E-state index is 0.961. The number of aryl methyl sites for hydroxylation is 1. The molecule has 1 rings (SSSR count). The second kappa shape index (κ2) is 8.74. The summed E-state index contributed by atoms with van der Waals surface area (Å²) in [5, 5.41) is 0. The Hall–Kier alpha value is -1.30.